The molecule has 5 nitrogen and oxygen atoms in total. The maximum Gasteiger partial charge on any atom is 0.460 e. The number of carbonyl (C=O) groups is 1. The Labute approximate surface area is 200 Å². The second-order valence-corrected chi connectivity index (χ2v) is 8.81. The van der Waals surface area contributed by atoms with E-state index < -0.39 is 87.0 Å². The molecule has 0 bridgehead atoms. The zero-order valence-electron chi connectivity index (χ0n) is 17.8. The molecule has 0 aromatic rings. The molecule has 0 aromatic heterocycles. The van der Waals surface area contributed by atoms with E-state index >= 15 is 0 Å². The first-order valence-electron chi connectivity index (χ1n) is 8.92. The summed E-state index contributed by atoms with van der Waals surface area (Å²) in [6, 6.07) is 0. The Balaban J connectivity index is 6.82. The number of rotatable bonds is 13. The van der Waals surface area contributed by atoms with Crippen LogP contribution in [0.2, 0.25) is 0 Å². The Morgan fingerprint density at radius 3 is 1.37 bits per heavy atom. The van der Waals surface area contributed by atoms with Gasteiger partial charge in [0.05, 0.1) is 0 Å². The first-order chi connectivity index (χ1) is 16.4. The quantitative estimate of drug-likeness (QED) is 0.158. The molecule has 0 atom stereocenters. The molecule has 23 heteroatoms. The molecule has 0 fully saturated rings. The van der Waals surface area contributed by atoms with Crippen LogP contribution < -0.4 is 0 Å². The van der Waals surface area contributed by atoms with Gasteiger partial charge in [-0.3, -0.25) is 0 Å². The number of carbonyl (C=O) groups excluding carboxylic acids is 1. The Kier molecular flexibility index (Phi) is 9.60. The van der Waals surface area contributed by atoms with Gasteiger partial charge in [-0.1, -0.05) is 13.5 Å². The largest absolute Gasteiger partial charge is 0.461 e. The number of likely N-dealkylation sites (N-methyl/N-ethyl adjacent to an activating group) is 1. The zero-order valence-corrected chi connectivity index (χ0v) is 18.6. The third-order valence-electron chi connectivity index (χ3n) is 4.46. The first-order valence-corrected chi connectivity index (χ1v) is 10.4. The van der Waals surface area contributed by atoms with E-state index in [9.17, 15) is 87.8 Å². The lowest BCUT2D eigenvalue weighted by molar-refractivity contribution is -0.458. The summed E-state index contributed by atoms with van der Waals surface area (Å²) < 4.78 is 253. The SMILES string of the molecule is C=CC(=O)OCCN(CC)S(=O)(=O)C(F)(F)C(F)(F)C(F)(F)C(F)(F)C(F)(F)C(F)(F)C(F)(F)C(F)(F)F. The minimum absolute atomic E-state index is 0.383. The lowest BCUT2D eigenvalue weighted by Crippen LogP contribution is -2.75. The Bertz CT molecular complexity index is 990. The van der Waals surface area contributed by atoms with Crippen LogP contribution >= 0.6 is 0 Å². The predicted octanol–water partition coefficient (Wildman–Crippen LogP) is 5.33. The molecule has 38 heavy (non-hydrogen) atoms. The summed E-state index contributed by atoms with van der Waals surface area (Å²) in [6.07, 6.45) is -7.52. The van der Waals surface area contributed by atoms with Gasteiger partial charge in [0.2, 0.25) is 0 Å². The van der Waals surface area contributed by atoms with Crippen molar-refractivity contribution in [2.24, 2.45) is 0 Å². The van der Waals surface area contributed by atoms with E-state index in [-0.39, 0.29) is 0 Å². The molecule has 0 N–H and O–H groups in total. The van der Waals surface area contributed by atoms with Crippen LogP contribution in [0.15, 0.2) is 12.7 Å². The van der Waals surface area contributed by atoms with Crippen molar-refractivity contribution in [3.05, 3.63) is 12.7 Å². The van der Waals surface area contributed by atoms with E-state index in [0.717, 1.165) is 0 Å². The normalized spacial score (nSPS) is 15.6. The molecule has 226 valence electrons. The minimum atomic E-state index is -8.91. The Morgan fingerprint density at radius 2 is 1.05 bits per heavy atom. The molecule has 0 aliphatic carbocycles. The molecule has 0 heterocycles. The molecule has 0 amide bonds. The van der Waals surface area contributed by atoms with Crippen molar-refractivity contribution in [2.75, 3.05) is 19.7 Å². The molecule has 0 aliphatic heterocycles. The molecule has 0 aliphatic rings. The lowest BCUT2D eigenvalue weighted by atomic mass is 9.91. The van der Waals surface area contributed by atoms with Crippen molar-refractivity contribution in [3.8, 4) is 0 Å². The highest BCUT2D eigenvalue weighted by molar-refractivity contribution is 7.90. The van der Waals surface area contributed by atoms with Gasteiger partial charge in [-0.15, -0.1) is 0 Å². The number of hydrogen-bond acceptors (Lipinski definition) is 4. The molecule has 0 saturated carbocycles. The lowest BCUT2D eigenvalue weighted by Gasteiger charge is -2.43. The number of halogens is 17. The van der Waals surface area contributed by atoms with Crippen LogP contribution in [0.25, 0.3) is 0 Å². The van der Waals surface area contributed by atoms with Crippen LogP contribution in [-0.4, -0.2) is 85.4 Å². The summed E-state index contributed by atoms with van der Waals surface area (Å²) in [7, 11) is -7.43. The van der Waals surface area contributed by atoms with Gasteiger partial charge in [0.15, 0.2) is 0 Å². The highest BCUT2D eigenvalue weighted by Gasteiger charge is 2.96. The third-order valence-corrected chi connectivity index (χ3v) is 6.49. The van der Waals surface area contributed by atoms with Gasteiger partial charge in [0, 0.05) is 19.2 Å². The van der Waals surface area contributed by atoms with Gasteiger partial charge in [0.1, 0.15) is 6.61 Å². The summed E-state index contributed by atoms with van der Waals surface area (Å²) in [4.78, 5) is 10.8. The highest BCUT2D eigenvalue weighted by atomic mass is 32.2. The Morgan fingerprint density at radius 1 is 0.711 bits per heavy atom. The smallest absolute Gasteiger partial charge is 0.460 e. The maximum absolute atomic E-state index is 14.1. The first kappa shape index (κ1) is 35.9. The van der Waals surface area contributed by atoms with E-state index in [1.165, 1.54) is 0 Å². The fourth-order valence-corrected chi connectivity index (χ4v) is 3.66. The van der Waals surface area contributed by atoms with E-state index in [4.69, 9.17) is 0 Å². The molecular formula is C15H12F17NO4S. The summed E-state index contributed by atoms with van der Waals surface area (Å²) in [5, 5.41) is -7.66. The predicted molar refractivity (Wildman–Crippen MR) is 88.0 cm³/mol. The molecule has 0 spiro atoms. The van der Waals surface area contributed by atoms with Crippen LogP contribution in [0.4, 0.5) is 74.6 Å². The van der Waals surface area contributed by atoms with Crippen molar-refractivity contribution in [1.29, 1.82) is 0 Å². The number of nitrogens with zero attached hydrogens (tertiary/aromatic N) is 1. The number of ether oxygens (including phenoxy) is 1. The van der Waals surface area contributed by atoms with Crippen molar-refractivity contribution < 1.29 is 92.6 Å². The van der Waals surface area contributed by atoms with Crippen molar-refractivity contribution in [2.45, 2.75) is 53.9 Å². The van der Waals surface area contributed by atoms with Crippen LogP contribution in [0.3, 0.4) is 0 Å². The Hall–Kier alpha value is -2.07. The summed E-state index contributed by atoms with van der Waals surface area (Å²) in [6.45, 7) is -1.08. The summed E-state index contributed by atoms with van der Waals surface area (Å²) in [5.74, 6) is -53.4. The number of alkyl halides is 17. The molecule has 0 saturated heterocycles. The van der Waals surface area contributed by atoms with E-state index in [1.54, 1.807) is 0 Å². The van der Waals surface area contributed by atoms with Gasteiger partial charge in [-0.2, -0.15) is 78.9 Å². The molecular weight excluding hydrogens is 613 g/mol. The van der Waals surface area contributed by atoms with Gasteiger partial charge in [0.25, 0.3) is 10.0 Å². The van der Waals surface area contributed by atoms with Crippen molar-refractivity contribution in [3.63, 3.8) is 0 Å². The number of esters is 1. The van der Waals surface area contributed by atoms with Crippen LogP contribution in [0.5, 0.6) is 0 Å². The van der Waals surface area contributed by atoms with E-state index in [0.29, 0.717) is 13.0 Å². The minimum Gasteiger partial charge on any atom is -0.461 e. The number of hydrogen-bond donors (Lipinski definition) is 0. The van der Waals surface area contributed by atoms with Crippen LogP contribution in [0, 0.1) is 0 Å². The topological polar surface area (TPSA) is 63.7 Å². The molecule has 0 rings (SSSR count). The second kappa shape index (κ2) is 10.2. The van der Waals surface area contributed by atoms with Crippen LogP contribution in [-0.2, 0) is 19.6 Å². The second-order valence-electron chi connectivity index (χ2n) is 6.83. The maximum atomic E-state index is 14.1. The third kappa shape index (κ3) is 4.98. The van der Waals surface area contributed by atoms with Crippen molar-refractivity contribution in [1.82, 2.24) is 4.31 Å². The van der Waals surface area contributed by atoms with Crippen molar-refractivity contribution >= 4 is 16.0 Å². The van der Waals surface area contributed by atoms with E-state index in [2.05, 4.69) is 11.3 Å². The van der Waals surface area contributed by atoms with Gasteiger partial charge < -0.3 is 4.74 Å². The summed E-state index contributed by atoms with van der Waals surface area (Å²) >= 11 is 0. The average Bonchev–Trinajstić information content (AvgIpc) is 2.74. The standard InChI is InChI=1S/C15H12F17NO4S/c1-3-7(34)37-6-5-33(4-2)38(35,36)15(31,32)13(26,27)11(22,23)9(18,19)8(16,17)10(20,21)12(24,25)14(28,29)30/h3H,1,4-6H2,2H3. The van der Waals surface area contributed by atoms with Crippen LogP contribution in [0.1, 0.15) is 6.92 Å². The molecule has 0 unspecified atom stereocenters. The van der Waals surface area contributed by atoms with Gasteiger partial charge >= 0.3 is 52.9 Å². The monoisotopic (exact) mass is 625 g/mol. The molecule has 0 radical (unpaired) electrons. The number of sulfonamides is 1. The molecule has 0 aromatic carbocycles. The average molecular weight is 625 g/mol. The highest BCUT2D eigenvalue weighted by Crippen LogP contribution is 2.64. The fraction of sp³-hybridized carbons (Fsp3) is 0.800. The fourth-order valence-electron chi connectivity index (χ4n) is 2.23. The van der Waals surface area contributed by atoms with Gasteiger partial charge in [-0.05, 0) is 0 Å². The van der Waals surface area contributed by atoms with E-state index in [1.807, 2.05) is 0 Å². The summed E-state index contributed by atoms with van der Waals surface area (Å²) in [5.41, 5.74) is 0. The van der Waals surface area contributed by atoms with Gasteiger partial charge in [-0.25, -0.2) is 13.2 Å². The zero-order chi connectivity index (χ0) is 31.2.